The number of carbonyl (C=O) groups is 1. The second-order valence-corrected chi connectivity index (χ2v) is 5.47. The highest BCUT2D eigenvalue weighted by Gasteiger charge is 2.45. The number of benzene rings is 1. The summed E-state index contributed by atoms with van der Waals surface area (Å²) in [7, 11) is 0. The number of hydrogen-bond acceptors (Lipinski definition) is 2. The lowest BCUT2D eigenvalue weighted by atomic mass is 10.0. The normalized spacial score (nSPS) is 26.2. The minimum Gasteiger partial charge on any atom is -0.356 e. The van der Waals surface area contributed by atoms with E-state index in [4.69, 9.17) is 0 Å². The Morgan fingerprint density at radius 2 is 1.94 bits per heavy atom. The van der Waals surface area contributed by atoms with Crippen molar-refractivity contribution in [3.05, 3.63) is 35.9 Å². The zero-order valence-corrected chi connectivity index (χ0v) is 10.6. The summed E-state index contributed by atoms with van der Waals surface area (Å²) in [5.41, 5.74) is 1.59. The van der Waals surface area contributed by atoms with E-state index in [9.17, 15) is 4.79 Å². The molecule has 96 valence electrons. The highest BCUT2D eigenvalue weighted by molar-refractivity contribution is 5.76. The van der Waals surface area contributed by atoms with Crippen LogP contribution in [0.1, 0.15) is 37.7 Å². The molecule has 3 rings (SSSR count). The maximum atomic E-state index is 11.3. The van der Waals surface area contributed by atoms with Gasteiger partial charge < -0.3 is 10.6 Å². The molecule has 1 heterocycles. The summed E-state index contributed by atoms with van der Waals surface area (Å²) in [5.74, 6) is 0.198. The van der Waals surface area contributed by atoms with Crippen LogP contribution in [0, 0.1) is 0 Å². The van der Waals surface area contributed by atoms with Crippen LogP contribution in [0.25, 0.3) is 0 Å². The van der Waals surface area contributed by atoms with Crippen molar-refractivity contribution in [2.75, 3.05) is 6.54 Å². The smallest absolute Gasteiger partial charge is 0.220 e. The lowest BCUT2D eigenvalue weighted by Gasteiger charge is -2.24. The van der Waals surface area contributed by atoms with Crippen LogP contribution < -0.4 is 10.6 Å². The van der Waals surface area contributed by atoms with Crippen molar-refractivity contribution < 1.29 is 4.79 Å². The van der Waals surface area contributed by atoms with Gasteiger partial charge in [-0.2, -0.15) is 0 Å². The van der Waals surface area contributed by atoms with E-state index in [0.29, 0.717) is 12.5 Å². The summed E-state index contributed by atoms with van der Waals surface area (Å²) in [6.07, 6.45) is 5.09. The first kappa shape index (κ1) is 11.7. The Hall–Kier alpha value is -1.35. The van der Waals surface area contributed by atoms with Crippen molar-refractivity contribution in [3.63, 3.8) is 0 Å². The number of hydrogen-bond donors (Lipinski definition) is 2. The number of carbonyl (C=O) groups excluding carboxylic acids is 1. The minimum absolute atomic E-state index is 0.194. The van der Waals surface area contributed by atoms with Gasteiger partial charge in [-0.1, -0.05) is 30.3 Å². The summed E-state index contributed by atoms with van der Waals surface area (Å²) >= 11 is 0. The molecule has 2 fully saturated rings. The first-order valence-electron chi connectivity index (χ1n) is 6.88. The summed E-state index contributed by atoms with van der Waals surface area (Å²) in [5, 5.41) is 6.73. The van der Waals surface area contributed by atoms with Gasteiger partial charge in [0.25, 0.3) is 0 Å². The topological polar surface area (TPSA) is 41.1 Å². The lowest BCUT2D eigenvalue weighted by Crippen LogP contribution is -2.38. The van der Waals surface area contributed by atoms with E-state index in [0.717, 1.165) is 19.4 Å². The molecular formula is C15H20N2O. The third-order valence-corrected chi connectivity index (χ3v) is 4.09. The Morgan fingerprint density at radius 1 is 1.17 bits per heavy atom. The quantitative estimate of drug-likeness (QED) is 0.853. The third kappa shape index (κ3) is 2.41. The van der Waals surface area contributed by atoms with E-state index in [-0.39, 0.29) is 11.4 Å². The molecule has 1 unspecified atom stereocenters. The SMILES string of the molecule is O=C1CCC(NC2(c3ccccc3)CC2)CCN1. The second-order valence-electron chi connectivity index (χ2n) is 5.47. The molecule has 1 aromatic rings. The molecule has 1 aliphatic carbocycles. The van der Waals surface area contributed by atoms with Gasteiger partial charge in [-0.25, -0.2) is 0 Å². The van der Waals surface area contributed by atoms with Crippen molar-refractivity contribution in [2.24, 2.45) is 0 Å². The fraction of sp³-hybridized carbons (Fsp3) is 0.533. The number of rotatable bonds is 3. The van der Waals surface area contributed by atoms with Crippen LogP contribution in [0.2, 0.25) is 0 Å². The average molecular weight is 244 g/mol. The van der Waals surface area contributed by atoms with Crippen LogP contribution in [0.3, 0.4) is 0 Å². The molecule has 1 amide bonds. The molecule has 3 nitrogen and oxygen atoms in total. The largest absolute Gasteiger partial charge is 0.356 e. The Balaban J connectivity index is 1.67. The Bertz CT molecular complexity index is 425. The first-order valence-corrected chi connectivity index (χ1v) is 6.88. The van der Waals surface area contributed by atoms with Gasteiger partial charge in [-0.15, -0.1) is 0 Å². The van der Waals surface area contributed by atoms with Gasteiger partial charge in [0.1, 0.15) is 0 Å². The molecule has 1 aromatic carbocycles. The monoisotopic (exact) mass is 244 g/mol. The number of amides is 1. The maximum Gasteiger partial charge on any atom is 0.220 e. The van der Waals surface area contributed by atoms with Crippen LogP contribution in [-0.2, 0) is 10.3 Å². The zero-order valence-electron chi connectivity index (χ0n) is 10.6. The molecule has 3 heteroatoms. The fourth-order valence-corrected chi connectivity index (χ4v) is 2.86. The summed E-state index contributed by atoms with van der Waals surface area (Å²) in [6.45, 7) is 0.807. The van der Waals surface area contributed by atoms with Gasteiger partial charge in [0.05, 0.1) is 0 Å². The molecule has 1 saturated carbocycles. The fourth-order valence-electron chi connectivity index (χ4n) is 2.86. The van der Waals surface area contributed by atoms with E-state index in [1.54, 1.807) is 0 Å². The highest BCUT2D eigenvalue weighted by atomic mass is 16.1. The van der Waals surface area contributed by atoms with Crippen LogP contribution in [-0.4, -0.2) is 18.5 Å². The predicted molar refractivity (Wildman–Crippen MR) is 71.1 cm³/mol. The molecule has 0 bridgehead atoms. The van der Waals surface area contributed by atoms with Gasteiger partial charge in [-0.05, 0) is 31.2 Å². The van der Waals surface area contributed by atoms with Crippen LogP contribution in [0.4, 0.5) is 0 Å². The first-order chi connectivity index (χ1) is 8.78. The van der Waals surface area contributed by atoms with Crippen molar-refractivity contribution >= 4 is 5.91 Å². The summed E-state index contributed by atoms with van der Waals surface area (Å²) in [6, 6.07) is 11.2. The lowest BCUT2D eigenvalue weighted by molar-refractivity contribution is -0.120. The number of nitrogens with one attached hydrogen (secondary N) is 2. The van der Waals surface area contributed by atoms with Gasteiger partial charge in [0, 0.05) is 24.5 Å². The van der Waals surface area contributed by atoms with Gasteiger partial charge in [0.2, 0.25) is 5.91 Å². The maximum absolute atomic E-state index is 11.3. The summed E-state index contributed by atoms with van der Waals surface area (Å²) in [4.78, 5) is 11.3. The minimum atomic E-state index is 0.194. The molecule has 0 radical (unpaired) electrons. The Labute approximate surface area is 108 Å². The predicted octanol–water partition coefficient (Wildman–Crippen LogP) is 1.93. The summed E-state index contributed by atoms with van der Waals surface area (Å²) < 4.78 is 0. The molecular weight excluding hydrogens is 224 g/mol. The van der Waals surface area contributed by atoms with Crippen LogP contribution in [0.15, 0.2) is 30.3 Å². The average Bonchev–Trinajstić information content (AvgIpc) is 3.19. The van der Waals surface area contributed by atoms with Crippen molar-refractivity contribution in [1.82, 2.24) is 10.6 Å². The molecule has 1 atom stereocenters. The molecule has 1 aliphatic heterocycles. The Morgan fingerprint density at radius 3 is 2.67 bits per heavy atom. The van der Waals surface area contributed by atoms with Gasteiger partial charge in [-0.3, -0.25) is 4.79 Å². The van der Waals surface area contributed by atoms with Gasteiger partial charge in [0.15, 0.2) is 0 Å². The van der Waals surface area contributed by atoms with Crippen molar-refractivity contribution in [2.45, 2.75) is 43.7 Å². The standard InChI is InChI=1S/C15H20N2O/c18-14-7-6-13(8-11-16-14)17-15(9-10-15)12-4-2-1-3-5-12/h1-5,13,17H,6-11H2,(H,16,18). The molecule has 1 saturated heterocycles. The van der Waals surface area contributed by atoms with E-state index in [2.05, 4.69) is 41.0 Å². The molecule has 0 spiro atoms. The molecule has 2 N–H and O–H groups in total. The zero-order chi connectivity index (χ0) is 12.4. The van der Waals surface area contributed by atoms with E-state index in [1.807, 2.05) is 0 Å². The molecule has 0 aromatic heterocycles. The Kier molecular flexibility index (Phi) is 3.08. The van der Waals surface area contributed by atoms with Crippen LogP contribution in [0.5, 0.6) is 0 Å². The van der Waals surface area contributed by atoms with E-state index in [1.165, 1.54) is 18.4 Å². The van der Waals surface area contributed by atoms with E-state index < -0.39 is 0 Å². The molecule has 2 aliphatic rings. The van der Waals surface area contributed by atoms with Gasteiger partial charge >= 0.3 is 0 Å². The van der Waals surface area contributed by atoms with Crippen molar-refractivity contribution in [3.8, 4) is 0 Å². The second kappa shape index (κ2) is 4.73. The third-order valence-electron chi connectivity index (χ3n) is 4.09. The van der Waals surface area contributed by atoms with E-state index >= 15 is 0 Å². The highest BCUT2D eigenvalue weighted by Crippen LogP contribution is 2.46. The van der Waals surface area contributed by atoms with Crippen LogP contribution >= 0.6 is 0 Å². The molecule has 18 heavy (non-hydrogen) atoms. The van der Waals surface area contributed by atoms with Crippen molar-refractivity contribution in [1.29, 1.82) is 0 Å².